The van der Waals surface area contributed by atoms with Gasteiger partial charge in [0.1, 0.15) is 5.82 Å². The molecule has 0 spiro atoms. The number of benzene rings is 3. The van der Waals surface area contributed by atoms with Crippen LogP contribution in [-0.4, -0.2) is 20.8 Å². The van der Waals surface area contributed by atoms with Gasteiger partial charge < -0.3 is 10.6 Å². The number of urea groups is 1. The summed E-state index contributed by atoms with van der Waals surface area (Å²) >= 11 is 14.1. The van der Waals surface area contributed by atoms with E-state index >= 15 is 0 Å². The molecule has 0 saturated heterocycles. The van der Waals surface area contributed by atoms with Crippen LogP contribution in [0.2, 0.25) is 10.0 Å². The van der Waals surface area contributed by atoms with Gasteiger partial charge in [-0.1, -0.05) is 65.3 Å². The molecular weight excluding hydrogens is 508 g/mol. The first kappa shape index (κ1) is 25.0. The fraction of sp³-hybridized carbons (Fsp3) is 0.160. The SMILES string of the molecule is Cc1cccc(C)c1NC(=O)NCc1nnc(SCc2ccc(F)cc2)n1-c1cc(Cl)ccc1Cl. The zero-order chi connectivity index (χ0) is 24.9. The smallest absolute Gasteiger partial charge is 0.319 e. The van der Waals surface area contributed by atoms with E-state index in [1.54, 1.807) is 34.9 Å². The number of thioether (sulfide) groups is 1. The fourth-order valence-corrected chi connectivity index (χ4v) is 4.75. The minimum Gasteiger partial charge on any atom is -0.331 e. The van der Waals surface area contributed by atoms with Gasteiger partial charge in [0.05, 0.1) is 17.3 Å². The van der Waals surface area contributed by atoms with Crippen molar-refractivity contribution in [3.63, 3.8) is 0 Å². The number of nitrogens with one attached hydrogen (secondary N) is 2. The van der Waals surface area contributed by atoms with Gasteiger partial charge in [-0.15, -0.1) is 10.2 Å². The Morgan fingerprint density at radius 1 is 1.03 bits per heavy atom. The van der Waals surface area contributed by atoms with Crippen LogP contribution in [0.3, 0.4) is 0 Å². The van der Waals surface area contributed by atoms with E-state index in [0.29, 0.717) is 32.5 Å². The molecule has 4 rings (SSSR count). The number of aromatic nitrogens is 3. The van der Waals surface area contributed by atoms with Crippen LogP contribution in [-0.2, 0) is 12.3 Å². The molecule has 1 heterocycles. The van der Waals surface area contributed by atoms with Gasteiger partial charge in [0.15, 0.2) is 11.0 Å². The molecule has 6 nitrogen and oxygen atoms in total. The Hall–Kier alpha value is -3.07. The summed E-state index contributed by atoms with van der Waals surface area (Å²) < 4.78 is 15.0. The fourth-order valence-electron chi connectivity index (χ4n) is 3.46. The molecule has 0 unspecified atom stereocenters. The molecule has 0 aliphatic carbocycles. The highest BCUT2D eigenvalue weighted by Crippen LogP contribution is 2.31. The summed E-state index contributed by atoms with van der Waals surface area (Å²) in [6.07, 6.45) is 0. The normalized spacial score (nSPS) is 10.9. The molecule has 0 aliphatic rings. The van der Waals surface area contributed by atoms with Gasteiger partial charge in [0.25, 0.3) is 0 Å². The third kappa shape index (κ3) is 6.14. The van der Waals surface area contributed by atoms with Crippen LogP contribution < -0.4 is 10.6 Å². The van der Waals surface area contributed by atoms with E-state index in [2.05, 4.69) is 20.8 Å². The van der Waals surface area contributed by atoms with E-state index in [-0.39, 0.29) is 18.4 Å². The lowest BCUT2D eigenvalue weighted by Gasteiger charge is -2.14. The van der Waals surface area contributed by atoms with Crippen LogP contribution in [0.4, 0.5) is 14.9 Å². The van der Waals surface area contributed by atoms with E-state index in [9.17, 15) is 9.18 Å². The lowest BCUT2D eigenvalue weighted by atomic mass is 10.1. The zero-order valence-corrected chi connectivity index (χ0v) is 21.3. The molecule has 1 aromatic heterocycles. The number of carbonyl (C=O) groups is 1. The van der Waals surface area contributed by atoms with Crippen LogP contribution in [0.5, 0.6) is 0 Å². The highest BCUT2D eigenvalue weighted by molar-refractivity contribution is 7.98. The predicted octanol–water partition coefficient (Wildman–Crippen LogP) is 6.94. The lowest BCUT2D eigenvalue weighted by Crippen LogP contribution is -2.30. The molecule has 0 radical (unpaired) electrons. The number of anilines is 1. The minimum atomic E-state index is -0.366. The minimum absolute atomic E-state index is 0.101. The quantitative estimate of drug-likeness (QED) is 0.254. The number of carbonyl (C=O) groups excluding carboxylic acids is 1. The maximum atomic E-state index is 13.3. The molecule has 0 atom stereocenters. The van der Waals surface area contributed by atoms with Crippen LogP contribution in [0.25, 0.3) is 5.69 Å². The Balaban J connectivity index is 1.57. The number of para-hydroxylation sites is 1. The van der Waals surface area contributed by atoms with Gasteiger partial charge in [0.2, 0.25) is 0 Å². The average Bonchev–Trinajstić information content (AvgIpc) is 3.24. The third-order valence-corrected chi connectivity index (χ3v) is 6.81. The molecule has 0 bridgehead atoms. The molecule has 0 fully saturated rings. The van der Waals surface area contributed by atoms with Crippen LogP contribution in [0.15, 0.2) is 65.8 Å². The molecule has 0 saturated carbocycles. The topological polar surface area (TPSA) is 71.8 Å². The highest BCUT2D eigenvalue weighted by atomic mass is 35.5. The van der Waals surface area contributed by atoms with Crippen LogP contribution in [0.1, 0.15) is 22.5 Å². The van der Waals surface area contributed by atoms with Gasteiger partial charge in [-0.3, -0.25) is 4.57 Å². The number of amides is 2. The number of halogens is 3. The highest BCUT2D eigenvalue weighted by Gasteiger charge is 2.18. The van der Waals surface area contributed by atoms with Gasteiger partial charge in [-0.05, 0) is 60.9 Å². The van der Waals surface area contributed by atoms with Crippen molar-refractivity contribution < 1.29 is 9.18 Å². The molecule has 4 aromatic rings. The largest absolute Gasteiger partial charge is 0.331 e. The zero-order valence-electron chi connectivity index (χ0n) is 19.0. The molecule has 35 heavy (non-hydrogen) atoms. The van der Waals surface area contributed by atoms with Gasteiger partial charge in [-0.2, -0.15) is 0 Å². The standard InChI is InChI=1S/C25H22Cl2FN5OS/c1-15-4-3-5-16(2)23(15)30-24(34)29-13-22-31-32-25(35-14-17-6-9-19(28)10-7-17)33(22)21-12-18(26)8-11-20(21)27/h3-12H,13-14H2,1-2H3,(H2,29,30,34). The van der Waals surface area contributed by atoms with Crippen LogP contribution >= 0.6 is 35.0 Å². The van der Waals surface area contributed by atoms with Crippen molar-refractivity contribution in [2.24, 2.45) is 0 Å². The number of aryl methyl sites for hydroxylation is 2. The lowest BCUT2D eigenvalue weighted by molar-refractivity contribution is 0.251. The number of rotatable bonds is 7. The number of hydrogen-bond acceptors (Lipinski definition) is 4. The Morgan fingerprint density at radius 3 is 2.46 bits per heavy atom. The molecule has 180 valence electrons. The summed E-state index contributed by atoms with van der Waals surface area (Å²) in [6.45, 7) is 3.97. The summed E-state index contributed by atoms with van der Waals surface area (Å²) in [5.74, 6) is 0.726. The Labute approximate surface area is 216 Å². The van der Waals surface area contributed by atoms with Crippen molar-refractivity contribution >= 4 is 46.7 Å². The summed E-state index contributed by atoms with van der Waals surface area (Å²) in [7, 11) is 0. The summed E-state index contributed by atoms with van der Waals surface area (Å²) in [6, 6.07) is 16.8. The Kier molecular flexibility index (Phi) is 7.95. The van der Waals surface area contributed by atoms with Crippen molar-refractivity contribution in [1.82, 2.24) is 20.1 Å². The monoisotopic (exact) mass is 529 g/mol. The van der Waals surface area contributed by atoms with Crippen LogP contribution in [0, 0.1) is 19.7 Å². The van der Waals surface area contributed by atoms with Crippen molar-refractivity contribution in [2.45, 2.75) is 31.3 Å². The summed E-state index contributed by atoms with van der Waals surface area (Å²) in [5, 5.41) is 15.9. The van der Waals surface area contributed by atoms with E-state index < -0.39 is 0 Å². The molecular formula is C25H22Cl2FN5OS. The number of nitrogens with zero attached hydrogens (tertiary/aromatic N) is 3. The van der Waals surface area contributed by atoms with Crippen molar-refractivity contribution in [1.29, 1.82) is 0 Å². The van der Waals surface area contributed by atoms with Crippen molar-refractivity contribution in [3.8, 4) is 5.69 Å². The summed E-state index contributed by atoms with van der Waals surface area (Å²) in [4.78, 5) is 12.6. The first-order valence-electron chi connectivity index (χ1n) is 10.7. The van der Waals surface area contributed by atoms with Gasteiger partial charge >= 0.3 is 6.03 Å². The third-order valence-electron chi connectivity index (χ3n) is 5.26. The van der Waals surface area contributed by atoms with E-state index in [4.69, 9.17) is 23.2 Å². The van der Waals surface area contributed by atoms with Crippen molar-refractivity contribution in [2.75, 3.05) is 5.32 Å². The maximum absolute atomic E-state index is 13.3. The second-order valence-electron chi connectivity index (χ2n) is 7.82. The Morgan fingerprint density at radius 2 is 1.74 bits per heavy atom. The first-order chi connectivity index (χ1) is 16.8. The number of hydrogen-bond donors (Lipinski definition) is 2. The van der Waals surface area contributed by atoms with E-state index in [1.807, 2.05) is 32.0 Å². The van der Waals surface area contributed by atoms with Gasteiger partial charge in [0, 0.05) is 16.5 Å². The molecule has 2 N–H and O–H groups in total. The Bertz CT molecular complexity index is 1340. The summed E-state index contributed by atoms with van der Waals surface area (Å²) in [5.41, 5.74) is 4.22. The first-order valence-corrected chi connectivity index (χ1v) is 12.4. The molecule has 3 aromatic carbocycles. The second kappa shape index (κ2) is 11.1. The van der Waals surface area contributed by atoms with E-state index in [1.165, 1.54) is 23.9 Å². The second-order valence-corrected chi connectivity index (χ2v) is 9.61. The van der Waals surface area contributed by atoms with Crippen molar-refractivity contribution in [3.05, 3.63) is 99.0 Å². The molecule has 2 amide bonds. The average molecular weight is 530 g/mol. The predicted molar refractivity (Wildman–Crippen MR) is 139 cm³/mol. The van der Waals surface area contributed by atoms with Gasteiger partial charge in [-0.25, -0.2) is 9.18 Å². The van der Waals surface area contributed by atoms with E-state index in [0.717, 1.165) is 22.4 Å². The maximum Gasteiger partial charge on any atom is 0.319 e. The molecule has 0 aliphatic heterocycles. The molecule has 10 heteroatoms.